The molecule has 0 unspecified atom stereocenters. The number of carbonyl (C=O) groups excluding carboxylic acids is 1. The summed E-state index contributed by atoms with van der Waals surface area (Å²) in [5, 5.41) is 0. The van der Waals surface area contributed by atoms with E-state index >= 15 is 0 Å². The number of likely N-dealkylation sites (N-methyl/N-ethyl adjacent to an activating group) is 1. The predicted octanol–water partition coefficient (Wildman–Crippen LogP) is 3.46. The number of hydrogen-bond acceptors (Lipinski definition) is 3. The summed E-state index contributed by atoms with van der Waals surface area (Å²) in [5.41, 5.74) is 9.00. The number of hydrogen-bond donors (Lipinski definition) is 1. The number of nitrogens with zero attached hydrogens (tertiary/aromatic N) is 1. The highest BCUT2D eigenvalue weighted by atomic mass is 35.5. The Balaban J connectivity index is 0.00000264. The third-order valence-electron chi connectivity index (χ3n) is 3.62. The number of nitrogens with two attached hydrogens (primary N) is 1. The molecule has 0 bridgehead atoms. The molecule has 4 nitrogen and oxygen atoms in total. The minimum Gasteiger partial charge on any atom is -0.491 e. The average molecular weight is 335 g/mol. The highest BCUT2D eigenvalue weighted by molar-refractivity contribution is 5.96. The summed E-state index contributed by atoms with van der Waals surface area (Å²) in [6.45, 7) is 4.88. The molecule has 2 aromatic carbocycles. The maximum atomic E-state index is 12.4. The van der Waals surface area contributed by atoms with Crippen LogP contribution in [0.1, 0.15) is 21.5 Å². The van der Waals surface area contributed by atoms with Crippen LogP contribution in [-0.4, -0.2) is 31.0 Å². The van der Waals surface area contributed by atoms with E-state index in [0.717, 1.165) is 16.9 Å². The van der Waals surface area contributed by atoms with E-state index in [4.69, 9.17) is 10.5 Å². The largest absolute Gasteiger partial charge is 0.491 e. The van der Waals surface area contributed by atoms with E-state index in [-0.39, 0.29) is 18.3 Å². The van der Waals surface area contributed by atoms with Crippen LogP contribution in [0.25, 0.3) is 0 Å². The Hall–Kier alpha value is -2.20. The van der Waals surface area contributed by atoms with Gasteiger partial charge >= 0.3 is 0 Å². The van der Waals surface area contributed by atoms with Gasteiger partial charge in [0.2, 0.25) is 0 Å². The molecule has 0 saturated heterocycles. The lowest BCUT2D eigenvalue weighted by atomic mass is 10.1. The first-order chi connectivity index (χ1) is 10.5. The van der Waals surface area contributed by atoms with Crippen LogP contribution in [0.15, 0.2) is 42.5 Å². The number of anilines is 1. The molecule has 0 aliphatic carbocycles. The third kappa shape index (κ3) is 4.89. The average Bonchev–Trinajstić information content (AvgIpc) is 2.50. The first-order valence-electron chi connectivity index (χ1n) is 7.29. The molecule has 0 aliphatic rings. The molecule has 0 spiro atoms. The van der Waals surface area contributed by atoms with E-state index in [1.165, 1.54) is 0 Å². The normalized spacial score (nSPS) is 9.87. The van der Waals surface area contributed by atoms with Gasteiger partial charge in [0.1, 0.15) is 12.4 Å². The molecular formula is C18H23ClN2O2. The molecule has 2 N–H and O–H groups in total. The zero-order valence-electron chi connectivity index (χ0n) is 13.7. The summed E-state index contributed by atoms with van der Waals surface area (Å²) in [7, 11) is 1.77. The Labute approximate surface area is 143 Å². The highest BCUT2D eigenvalue weighted by Gasteiger charge is 2.14. The van der Waals surface area contributed by atoms with Crippen LogP contribution in [0, 0.1) is 13.8 Å². The molecular weight excluding hydrogens is 312 g/mol. The summed E-state index contributed by atoms with van der Waals surface area (Å²) in [5.74, 6) is 0.807. The summed E-state index contributed by atoms with van der Waals surface area (Å²) < 4.78 is 5.73. The lowest BCUT2D eigenvalue weighted by Crippen LogP contribution is -2.31. The molecule has 0 atom stereocenters. The van der Waals surface area contributed by atoms with Crippen molar-refractivity contribution in [2.24, 2.45) is 0 Å². The number of carbonyl (C=O) groups is 1. The van der Waals surface area contributed by atoms with E-state index in [1.54, 1.807) is 24.1 Å². The molecule has 5 heteroatoms. The summed E-state index contributed by atoms with van der Waals surface area (Å²) in [4.78, 5) is 14.1. The van der Waals surface area contributed by atoms with Gasteiger partial charge in [-0.1, -0.05) is 24.3 Å². The monoisotopic (exact) mass is 334 g/mol. The van der Waals surface area contributed by atoms with Crippen LogP contribution in [0.3, 0.4) is 0 Å². The maximum absolute atomic E-state index is 12.4. The number of rotatable bonds is 5. The lowest BCUT2D eigenvalue weighted by molar-refractivity contribution is 0.0773. The fourth-order valence-electron chi connectivity index (χ4n) is 2.19. The van der Waals surface area contributed by atoms with Gasteiger partial charge in [-0.25, -0.2) is 0 Å². The number of ether oxygens (including phenoxy) is 1. The Morgan fingerprint density at radius 2 is 1.83 bits per heavy atom. The minimum absolute atomic E-state index is 0. The van der Waals surface area contributed by atoms with Crippen LogP contribution in [0.4, 0.5) is 5.69 Å². The molecule has 2 rings (SSSR count). The number of benzene rings is 2. The Bertz CT molecular complexity index is 674. The molecule has 0 aromatic heterocycles. The minimum atomic E-state index is -0.0433. The summed E-state index contributed by atoms with van der Waals surface area (Å²) in [6, 6.07) is 13.2. The molecule has 1 amide bonds. The quantitative estimate of drug-likeness (QED) is 0.852. The van der Waals surface area contributed by atoms with Crippen molar-refractivity contribution in [3.8, 4) is 5.75 Å². The maximum Gasteiger partial charge on any atom is 0.254 e. The fraction of sp³-hybridized carbons (Fsp3) is 0.278. The molecule has 0 fully saturated rings. The van der Waals surface area contributed by atoms with E-state index in [1.807, 2.05) is 44.2 Å². The summed E-state index contributed by atoms with van der Waals surface area (Å²) >= 11 is 0. The predicted molar refractivity (Wildman–Crippen MR) is 96.5 cm³/mol. The van der Waals surface area contributed by atoms with Crippen molar-refractivity contribution < 1.29 is 9.53 Å². The van der Waals surface area contributed by atoms with Crippen LogP contribution in [0.2, 0.25) is 0 Å². The van der Waals surface area contributed by atoms with Crippen molar-refractivity contribution in [1.29, 1.82) is 0 Å². The van der Waals surface area contributed by atoms with Crippen LogP contribution >= 0.6 is 12.4 Å². The van der Waals surface area contributed by atoms with Gasteiger partial charge in [-0.2, -0.15) is 0 Å². The molecule has 0 radical (unpaired) electrons. The number of nitrogen functional groups attached to an aromatic ring is 1. The summed E-state index contributed by atoms with van der Waals surface area (Å²) in [6.07, 6.45) is 0. The van der Waals surface area contributed by atoms with Gasteiger partial charge in [0, 0.05) is 18.3 Å². The van der Waals surface area contributed by atoms with Gasteiger partial charge < -0.3 is 15.4 Å². The second kappa shape index (κ2) is 8.44. The number of aryl methyl sites for hydroxylation is 2. The van der Waals surface area contributed by atoms with E-state index in [0.29, 0.717) is 24.4 Å². The van der Waals surface area contributed by atoms with E-state index in [9.17, 15) is 4.79 Å². The molecule has 0 aliphatic heterocycles. The van der Waals surface area contributed by atoms with Gasteiger partial charge in [0.25, 0.3) is 5.91 Å². The van der Waals surface area contributed by atoms with Crippen molar-refractivity contribution in [3.05, 3.63) is 59.2 Å². The molecule has 2 aromatic rings. The topological polar surface area (TPSA) is 55.6 Å². The van der Waals surface area contributed by atoms with Gasteiger partial charge in [0.05, 0.1) is 6.54 Å². The molecule has 0 saturated carbocycles. The third-order valence-corrected chi connectivity index (χ3v) is 3.62. The zero-order chi connectivity index (χ0) is 16.1. The number of halogens is 1. The van der Waals surface area contributed by atoms with Gasteiger partial charge in [-0.05, 0) is 43.2 Å². The van der Waals surface area contributed by atoms with Crippen molar-refractivity contribution in [1.82, 2.24) is 4.90 Å². The van der Waals surface area contributed by atoms with Crippen molar-refractivity contribution in [2.45, 2.75) is 13.8 Å². The molecule has 0 heterocycles. The first-order valence-corrected chi connectivity index (χ1v) is 7.29. The SMILES string of the molecule is Cc1ccccc1OCCN(C)C(=O)c1cc(N)ccc1C.Cl. The Morgan fingerprint density at radius 1 is 1.13 bits per heavy atom. The van der Waals surface area contributed by atoms with Crippen molar-refractivity contribution in [2.75, 3.05) is 25.9 Å². The van der Waals surface area contributed by atoms with E-state index in [2.05, 4.69) is 0 Å². The first kappa shape index (κ1) is 18.8. The van der Waals surface area contributed by atoms with Crippen LogP contribution in [0.5, 0.6) is 5.75 Å². The van der Waals surface area contributed by atoms with Crippen molar-refractivity contribution in [3.63, 3.8) is 0 Å². The fourth-order valence-corrected chi connectivity index (χ4v) is 2.19. The van der Waals surface area contributed by atoms with Crippen molar-refractivity contribution >= 4 is 24.0 Å². The van der Waals surface area contributed by atoms with Gasteiger partial charge in [-0.15, -0.1) is 12.4 Å². The van der Waals surface area contributed by atoms with Gasteiger partial charge in [0.15, 0.2) is 0 Å². The van der Waals surface area contributed by atoms with Crippen LogP contribution < -0.4 is 10.5 Å². The standard InChI is InChI=1S/C18H22N2O2.ClH/c1-13-8-9-15(19)12-16(13)18(21)20(3)10-11-22-17-7-5-4-6-14(17)2;/h4-9,12H,10-11,19H2,1-3H3;1H. The van der Waals surface area contributed by atoms with E-state index < -0.39 is 0 Å². The smallest absolute Gasteiger partial charge is 0.254 e. The molecule has 23 heavy (non-hydrogen) atoms. The van der Waals surface area contributed by atoms with Gasteiger partial charge in [-0.3, -0.25) is 4.79 Å². The van der Waals surface area contributed by atoms with Crippen LogP contribution in [-0.2, 0) is 0 Å². The second-order valence-electron chi connectivity index (χ2n) is 5.42. The zero-order valence-corrected chi connectivity index (χ0v) is 14.5. The molecule has 124 valence electrons. The second-order valence-corrected chi connectivity index (χ2v) is 5.42. The Kier molecular flexibility index (Phi) is 6.91. The lowest BCUT2D eigenvalue weighted by Gasteiger charge is -2.19. The number of amides is 1. The Morgan fingerprint density at radius 3 is 2.52 bits per heavy atom. The number of para-hydroxylation sites is 1. The highest BCUT2D eigenvalue weighted by Crippen LogP contribution is 2.17.